The zero-order chi connectivity index (χ0) is 22.9. The van der Waals surface area contributed by atoms with Crippen LogP contribution in [0.1, 0.15) is 39.2 Å². The van der Waals surface area contributed by atoms with Crippen LogP contribution in [0.3, 0.4) is 0 Å². The highest BCUT2D eigenvalue weighted by molar-refractivity contribution is 5.98. The Morgan fingerprint density at radius 2 is 1.81 bits per heavy atom. The van der Waals surface area contributed by atoms with Gasteiger partial charge in [-0.2, -0.15) is 0 Å². The third kappa shape index (κ3) is 4.17. The van der Waals surface area contributed by atoms with Crippen LogP contribution < -0.4 is 29.8 Å². The normalized spacial score (nSPS) is 16.5. The van der Waals surface area contributed by atoms with Crippen LogP contribution in [0.25, 0.3) is 0 Å². The third-order valence-corrected chi connectivity index (χ3v) is 5.14. The summed E-state index contributed by atoms with van der Waals surface area (Å²) < 4.78 is 23.4. The molecule has 0 saturated carbocycles. The van der Waals surface area contributed by atoms with Gasteiger partial charge in [-0.15, -0.1) is 0 Å². The largest absolute Gasteiger partial charge is 0.493 e. The van der Waals surface area contributed by atoms with Gasteiger partial charge in [0, 0.05) is 24.4 Å². The van der Waals surface area contributed by atoms with Gasteiger partial charge in [0.1, 0.15) is 17.8 Å². The molecule has 1 atom stereocenters. The number of aromatic nitrogens is 2. The summed E-state index contributed by atoms with van der Waals surface area (Å²) >= 11 is 0. The highest BCUT2D eigenvalue weighted by atomic mass is 16.5. The average Bonchev–Trinajstić information content (AvgIpc) is 2.99. The topological polar surface area (TPSA) is 101 Å². The summed E-state index contributed by atoms with van der Waals surface area (Å²) in [5.41, 5.74) is -0.515. The van der Waals surface area contributed by atoms with Gasteiger partial charge in [0.15, 0.2) is 11.5 Å². The molecule has 0 radical (unpaired) electrons. The highest BCUT2D eigenvalue weighted by Crippen LogP contribution is 2.43. The first-order valence-electron chi connectivity index (χ1n) is 10.0. The Labute approximate surface area is 181 Å². The number of hydrogen-bond donors (Lipinski definition) is 1. The van der Waals surface area contributed by atoms with Crippen LogP contribution >= 0.6 is 0 Å². The molecule has 0 spiro atoms. The summed E-state index contributed by atoms with van der Waals surface area (Å²) in [6, 6.07) is 3.26. The van der Waals surface area contributed by atoms with Gasteiger partial charge in [-0.3, -0.25) is 14.2 Å². The molecule has 31 heavy (non-hydrogen) atoms. The summed E-state index contributed by atoms with van der Waals surface area (Å²) in [4.78, 5) is 30.8. The lowest BCUT2D eigenvalue weighted by Crippen LogP contribution is -2.40. The monoisotopic (exact) mass is 431 g/mol. The van der Waals surface area contributed by atoms with Crippen molar-refractivity contribution in [2.75, 3.05) is 26.6 Å². The fourth-order valence-electron chi connectivity index (χ4n) is 3.81. The Balaban J connectivity index is 2.00. The van der Waals surface area contributed by atoms with E-state index in [4.69, 9.17) is 18.9 Å². The second kappa shape index (κ2) is 8.49. The van der Waals surface area contributed by atoms with Gasteiger partial charge in [0.25, 0.3) is 5.56 Å². The van der Waals surface area contributed by atoms with Gasteiger partial charge >= 0.3 is 0 Å². The molecule has 1 amide bonds. The molecule has 1 N–H and O–H groups in total. The smallest absolute Gasteiger partial charge is 0.261 e. The van der Waals surface area contributed by atoms with E-state index in [0.717, 1.165) is 0 Å². The van der Waals surface area contributed by atoms with E-state index >= 15 is 0 Å². The van der Waals surface area contributed by atoms with Crippen LogP contribution in [-0.2, 0) is 11.3 Å². The maximum absolute atomic E-state index is 13.4. The molecule has 0 aliphatic carbocycles. The molecule has 9 nitrogen and oxygen atoms in total. The molecule has 1 aliphatic rings. The molecular weight excluding hydrogens is 402 g/mol. The first kappa shape index (κ1) is 22.5. The van der Waals surface area contributed by atoms with E-state index in [2.05, 4.69) is 10.3 Å². The van der Waals surface area contributed by atoms with Crippen molar-refractivity contribution in [1.29, 1.82) is 0 Å². The molecule has 0 bridgehead atoms. The van der Waals surface area contributed by atoms with E-state index in [-0.39, 0.29) is 28.8 Å². The number of carbonyl (C=O) groups excluding carboxylic acids is 1. The van der Waals surface area contributed by atoms with E-state index in [9.17, 15) is 9.59 Å². The number of carbonyl (C=O) groups is 1. The number of nitrogens with one attached hydrogen (secondary N) is 1. The molecule has 2 heterocycles. The lowest BCUT2D eigenvalue weighted by Gasteiger charge is -2.25. The standard InChI is InChI=1S/C22H29N3O6/c1-12(2)10-25-11-23-20-16(21(25)27)17(22(3,4)31-20)19(26)24-13-8-14(28-5)18(30-7)15(9-13)29-6/h8-9,11-12,17H,10H2,1-7H3,(H,24,26). The number of benzene rings is 1. The quantitative estimate of drug-likeness (QED) is 0.719. The predicted molar refractivity (Wildman–Crippen MR) is 116 cm³/mol. The van der Waals surface area contributed by atoms with Gasteiger partial charge in [-0.1, -0.05) is 13.8 Å². The van der Waals surface area contributed by atoms with Crippen LogP contribution in [0.15, 0.2) is 23.3 Å². The fraction of sp³-hybridized carbons (Fsp3) is 0.500. The van der Waals surface area contributed by atoms with Gasteiger partial charge in [0.2, 0.25) is 17.5 Å². The minimum atomic E-state index is -0.948. The van der Waals surface area contributed by atoms with Crippen molar-refractivity contribution in [1.82, 2.24) is 9.55 Å². The lowest BCUT2D eigenvalue weighted by molar-refractivity contribution is -0.120. The third-order valence-electron chi connectivity index (χ3n) is 5.14. The van der Waals surface area contributed by atoms with Crippen molar-refractivity contribution in [2.24, 2.45) is 5.92 Å². The van der Waals surface area contributed by atoms with E-state index in [1.165, 1.54) is 32.2 Å². The Morgan fingerprint density at radius 1 is 1.19 bits per heavy atom. The second-order valence-corrected chi connectivity index (χ2v) is 8.36. The highest BCUT2D eigenvalue weighted by Gasteiger charge is 2.49. The number of fused-ring (bicyclic) bond motifs is 1. The Hall–Kier alpha value is -3.23. The number of anilines is 1. The Kier molecular flexibility index (Phi) is 6.15. The summed E-state index contributed by atoms with van der Waals surface area (Å²) in [5.74, 6) is 0.430. The van der Waals surface area contributed by atoms with Crippen molar-refractivity contribution in [3.63, 3.8) is 0 Å². The molecule has 0 fully saturated rings. The van der Waals surface area contributed by atoms with E-state index < -0.39 is 11.5 Å². The van der Waals surface area contributed by atoms with Crippen molar-refractivity contribution in [2.45, 2.75) is 45.8 Å². The number of amides is 1. The van der Waals surface area contributed by atoms with Crippen molar-refractivity contribution < 1.29 is 23.7 Å². The predicted octanol–water partition coefficient (Wildman–Crippen LogP) is 2.82. The summed E-state index contributed by atoms with van der Waals surface area (Å²) in [7, 11) is 4.50. The fourth-order valence-corrected chi connectivity index (χ4v) is 3.81. The van der Waals surface area contributed by atoms with Crippen molar-refractivity contribution in [3.8, 4) is 23.1 Å². The minimum Gasteiger partial charge on any atom is -0.493 e. The summed E-state index contributed by atoms with van der Waals surface area (Å²) in [6.07, 6.45) is 1.47. The van der Waals surface area contributed by atoms with Crippen molar-refractivity contribution >= 4 is 11.6 Å². The SMILES string of the molecule is COc1cc(NC(=O)C2c3c(ncn(CC(C)C)c3=O)OC2(C)C)cc(OC)c1OC. The van der Waals surface area contributed by atoms with Crippen LogP contribution in [0.4, 0.5) is 5.69 Å². The van der Waals surface area contributed by atoms with Crippen molar-refractivity contribution in [3.05, 3.63) is 34.4 Å². The lowest BCUT2D eigenvalue weighted by atomic mass is 9.87. The van der Waals surface area contributed by atoms with Gasteiger partial charge in [-0.25, -0.2) is 4.98 Å². The molecule has 0 saturated heterocycles. The molecule has 168 valence electrons. The molecule has 1 aromatic heterocycles. The molecule has 1 aromatic carbocycles. The van der Waals surface area contributed by atoms with Gasteiger partial charge in [0.05, 0.1) is 26.9 Å². The maximum atomic E-state index is 13.4. The van der Waals surface area contributed by atoms with E-state index in [1.807, 2.05) is 13.8 Å². The minimum absolute atomic E-state index is 0.194. The number of ether oxygens (including phenoxy) is 4. The molecule has 3 rings (SSSR count). The molecule has 9 heteroatoms. The van der Waals surface area contributed by atoms with E-state index in [0.29, 0.717) is 29.5 Å². The number of hydrogen-bond acceptors (Lipinski definition) is 7. The zero-order valence-corrected chi connectivity index (χ0v) is 18.9. The first-order chi connectivity index (χ1) is 14.6. The summed E-state index contributed by atoms with van der Waals surface area (Å²) in [5, 5.41) is 2.86. The van der Waals surface area contributed by atoms with E-state index in [1.54, 1.807) is 26.0 Å². The second-order valence-electron chi connectivity index (χ2n) is 8.36. The van der Waals surface area contributed by atoms with Crippen LogP contribution in [0.2, 0.25) is 0 Å². The average molecular weight is 431 g/mol. The first-order valence-corrected chi connectivity index (χ1v) is 10.0. The number of nitrogens with zero attached hydrogens (tertiary/aromatic N) is 2. The summed E-state index contributed by atoms with van der Waals surface area (Å²) in [6.45, 7) is 8.05. The number of methoxy groups -OCH3 is 3. The van der Waals surface area contributed by atoms with Gasteiger partial charge in [-0.05, 0) is 19.8 Å². The number of rotatable bonds is 7. The molecule has 2 aromatic rings. The Morgan fingerprint density at radius 3 is 2.32 bits per heavy atom. The molecular formula is C22H29N3O6. The molecule has 1 aliphatic heterocycles. The van der Waals surface area contributed by atoms with Crippen LogP contribution in [0.5, 0.6) is 23.1 Å². The zero-order valence-electron chi connectivity index (χ0n) is 18.9. The Bertz CT molecular complexity index is 1020. The molecule has 1 unspecified atom stereocenters. The maximum Gasteiger partial charge on any atom is 0.261 e. The van der Waals surface area contributed by atoms with Crippen LogP contribution in [0, 0.1) is 5.92 Å². The van der Waals surface area contributed by atoms with Crippen LogP contribution in [-0.4, -0.2) is 42.4 Å². The van der Waals surface area contributed by atoms with Gasteiger partial charge < -0.3 is 24.3 Å².